The molecule has 0 saturated heterocycles. The second-order valence-corrected chi connectivity index (χ2v) is 9.11. The first-order valence-electron chi connectivity index (χ1n) is 8.47. The van der Waals surface area contributed by atoms with Crippen LogP contribution in [0.1, 0.15) is 52.4 Å². The minimum Gasteiger partial charge on any atom is -0.234 e. The van der Waals surface area contributed by atoms with Crippen LogP contribution in [0, 0.1) is 23.6 Å². The Balaban J connectivity index is 2.20. The summed E-state index contributed by atoms with van der Waals surface area (Å²) in [5.74, 6) is 0.853. The topological polar surface area (TPSA) is 8.81 Å². The highest BCUT2D eigenvalue weighted by Crippen LogP contribution is 2.34. The van der Waals surface area contributed by atoms with Crippen LogP contribution in [-0.4, -0.2) is 4.57 Å². The molecular weight excluding hydrogens is 323 g/mol. The fourth-order valence-corrected chi connectivity index (χ4v) is 3.91. The average Bonchev–Trinajstić information content (AvgIpc) is 2.72. The third kappa shape index (κ3) is 4.83. The molecular formula is C20H29ClFN2+. The molecule has 0 aliphatic heterocycles. The standard InChI is InChI=1S/C20H29ClFN2/c1-15-23(12-16-17(21)8-7-9-18(16)22)10-11-24(15)14-20(5,6)13-19(2,3)4/h7-11H,12-14H2,1-6H3/q+1. The fraction of sp³-hybridized carbons (Fsp3) is 0.550. The molecule has 132 valence electrons. The van der Waals surface area contributed by atoms with E-state index in [-0.39, 0.29) is 11.2 Å². The molecule has 0 spiro atoms. The van der Waals surface area contributed by atoms with E-state index < -0.39 is 0 Å². The van der Waals surface area contributed by atoms with E-state index in [4.69, 9.17) is 11.6 Å². The zero-order valence-corrected chi connectivity index (χ0v) is 16.4. The zero-order valence-electron chi connectivity index (χ0n) is 15.7. The maximum atomic E-state index is 14.0. The van der Waals surface area contributed by atoms with Gasteiger partial charge >= 0.3 is 0 Å². The summed E-state index contributed by atoms with van der Waals surface area (Å²) < 4.78 is 18.3. The first-order valence-corrected chi connectivity index (χ1v) is 8.84. The second-order valence-electron chi connectivity index (χ2n) is 8.70. The number of imidazole rings is 1. The van der Waals surface area contributed by atoms with Gasteiger partial charge in [0.1, 0.15) is 24.8 Å². The molecule has 2 nitrogen and oxygen atoms in total. The van der Waals surface area contributed by atoms with Gasteiger partial charge in [-0.15, -0.1) is 0 Å². The van der Waals surface area contributed by atoms with E-state index in [1.807, 2.05) is 6.20 Å². The van der Waals surface area contributed by atoms with Gasteiger partial charge in [0.2, 0.25) is 0 Å². The molecule has 2 rings (SSSR count). The van der Waals surface area contributed by atoms with Crippen molar-refractivity contribution in [1.82, 2.24) is 4.57 Å². The van der Waals surface area contributed by atoms with E-state index in [1.165, 1.54) is 6.07 Å². The predicted octanol–water partition coefficient (Wildman–Crippen LogP) is 5.39. The molecule has 0 saturated carbocycles. The van der Waals surface area contributed by atoms with E-state index in [9.17, 15) is 4.39 Å². The Hall–Kier alpha value is -1.35. The van der Waals surface area contributed by atoms with Crippen LogP contribution in [0.3, 0.4) is 0 Å². The van der Waals surface area contributed by atoms with E-state index >= 15 is 0 Å². The molecule has 1 aromatic heterocycles. The number of hydrogen-bond acceptors (Lipinski definition) is 0. The van der Waals surface area contributed by atoms with Gasteiger partial charge in [0, 0.05) is 17.9 Å². The first kappa shape index (κ1) is 19.0. The van der Waals surface area contributed by atoms with Gasteiger partial charge in [-0.2, -0.15) is 0 Å². The number of benzene rings is 1. The Morgan fingerprint density at radius 1 is 1.17 bits per heavy atom. The summed E-state index contributed by atoms with van der Waals surface area (Å²) in [6.45, 7) is 14.9. The molecule has 0 fully saturated rings. The molecule has 4 heteroatoms. The predicted molar refractivity (Wildman–Crippen MR) is 97.7 cm³/mol. The smallest absolute Gasteiger partial charge is 0.234 e. The monoisotopic (exact) mass is 351 g/mol. The maximum absolute atomic E-state index is 14.0. The molecule has 24 heavy (non-hydrogen) atoms. The third-order valence-corrected chi connectivity index (χ3v) is 4.61. The number of aromatic nitrogens is 2. The van der Waals surface area contributed by atoms with Crippen molar-refractivity contribution < 1.29 is 8.96 Å². The number of halogens is 2. The first-order chi connectivity index (χ1) is 11.0. The van der Waals surface area contributed by atoms with Crippen LogP contribution in [0.5, 0.6) is 0 Å². The summed E-state index contributed by atoms with van der Waals surface area (Å²) in [6, 6.07) is 4.83. The highest BCUT2D eigenvalue weighted by Gasteiger charge is 2.29. The van der Waals surface area contributed by atoms with Crippen molar-refractivity contribution in [2.24, 2.45) is 10.8 Å². The SMILES string of the molecule is Cc1n(CC(C)(C)CC(C)(C)C)cc[n+]1Cc1c(F)cccc1Cl. The molecule has 0 N–H and O–H groups in total. The molecule has 0 unspecified atom stereocenters. The van der Waals surface area contributed by atoms with Crippen molar-refractivity contribution in [2.75, 3.05) is 0 Å². The normalized spacial score (nSPS) is 12.7. The summed E-state index contributed by atoms with van der Waals surface area (Å²) in [6.07, 6.45) is 5.22. The van der Waals surface area contributed by atoms with Crippen LogP contribution in [0.2, 0.25) is 5.02 Å². The number of nitrogens with zero attached hydrogens (tertiary/aromatic N) is 2. The van der Waals surface area contributed by atoms with E-state index in [2.05, 4.69) is 56.9 Å². The lowest BCUT2D eigenvalue weighted by molar-refractivity contribution is -0.694. The quantitative estimate of drug-likeness (QED) is 0.639. The second kappa shape index (κ2) is 6.87. The average molecular weight is 352 g/mol. The van der Waals surface area contributed by atoms with Crippen LogP contribution in [0.25, 0.3) is 0 Å². The molecule has 2 aromatic rings. The van der Waals surface area contributed by atoms with Crippen molar-refractivity contribution in [3.05, 3.63) is 52.8 Å². The van der Waals surface area contributed by atoms with Gasteiger partial charge < -0.3 is 0 Å². The largest absolute Gasteiger partial charge is 0.253 e. The zero-order chi connectivity index (χ0) is 18.1. The van der Waals surface area contributed by atoms with Gasteiger partial charge in [-0.05, 0) is 24.0 Å². The minimum atomic E-state index is -0.254. The summed E-state index contributed by atoms with van der Waals surface area (Å²) in [4.78, 5) is 0. The van der Waals surface area contributed by atoms with Crippen LogP contribution in [0.4, 0.5) is 4.39 Å². The molecule has 0 aliphatic rings. The highest BCUT2D eigenvalue weighted by atomic mass is 35.5. The van der Waals surface area contributed by atoms with Gasteiger partial charge in [0.25, 0.3) is 5.82 Å². The lowest BCUT2D eigenvalue weighted by atomic mass is 9.76. The van der Waals surface area contributed by atoms with Gasteiger partial charge in [-0.1, -0.05) is 52.3 Å². The van der Waals surface area contributed by atoms with Crippen LogP contribution in [0.15, 0.2) is 30.6 Å². The highest BCUT2D eigenvalue weighted by molar-refractivity contribution is 6.31. The number of rotatable bonds is 5. The van der Waals surface area contributed by atoms with Crippen LogP contribution < -0.4 is 4.57 Å². The summed E-state index contributed by atoms with van der Waals surface area (Å²) in [7, 11) is 0. The van der Waals surface area contributed by atoms with Crippen molar-refractivity contribution >= 4 is 11.6 Å². The molecule has 0 radical (unpaired) electrons. The fourth-order valence-electron chi connectivity index (χ4n) is 3.68. The minimum absolute atomic E-state index is 0.190. The van der Waals surface area contributed by atoms with Gasteiger partial charge in [0.15, 0.2) is 0 Å². The Labute approximate surface area is 150 Å². The summed E-state index contributed by atoms with van der Waals surface area (Å²) in [5.41, 5.74) is 1.02. The third-order valence-electron chi connectivity index (χ3n) is 4.26. The van der Waals surface area contributed by atoms with E-state index in [1.54, 1.807) is 12.1 Å². The molecule has 0 bridgehead atoms. The summed E-state index contributed by atoms with van der Waals surface area (Å²) >= 11 is 6.16. The molecule has 0 amide bonds. The van der Waals surface area contributed by atoms with Crippen molar-refractivity contribution in [3.63, 3.8) is 0 Å². The molecule has 1 heterocycles. The summed E-state index contributed by atoms with van der Waals surface area (Å²) in [5, 5.41) is 0.475. The van der Waals surface area contributed by atoms with Crippen molar-refractivity contribution in [2.45, 2.75) is 61.1 Å². The molecule has 0 atom stereocenters. The molecule has 0 aliphatic carbocycles. The Kier molecular flexibility index (Phi) is 5.44. The van der Waals surface area contributed by atoms with Crippen LogP contribution >= 0.6 is 11.6 Å². The lowest BCUT2D eigenvalue weighted by Gasteiger charge is -2.31. The Bertz CT molecular complexity index is 691. The Morgan fingerprint density at radius 3 is 2.42 bits per heavy atom. The van der Waals surface area contributed by atoms with E-state index in [0.29, 0.717) is 22.5 Å². The van der Waals surface area contributed by atoms with Gasteiger partial charge in [0.05, 0.1) is 11.6 Å². The Morgan fingerprint density at radius 2 is 1.83 bits per heavy atom. The van der Waals surface area contributed by atoms with E-state index in [0.717, 1.165) is 18.8 Å². The maximum Gasteiger partial charge on any atom is 0.253 e. The van der Waals surface area contributed by atoms with Crippen molar-refractivity contribution in [1.29, 1.82) is 0 Å². The van der Waals surface area contributed by atoms with Gasteiger partial charge in [-0.25, -0.2) is 13.5 Å². The lowest BCUT2D eigenvalue weighted by Crippen LogP contribution is -2.37. The van der Waals surface area contributed by atoms with Crippen LogP contribution in [-0.2, 0) is 13.1 Å². The molecule has 1 aromatic carbocycles. The number of hydrogen-bond donors (Lipinski definition) is 0. The van der Waals surface area contributed by atoms with Crippen molar-refractivity contribution in [3.8, 4) is 0 Å². The van der Waals surface area contributed by atoms with Gasteiger partial charge in [-0.3, -0.25) is 0 Å².